The van der Waals surface area contributed by atoms with Gasteiger partial charge in [-0.25, -0.2) is 4.79 Å². The molecule has 146 valence electrons. The molecule has 0 spiro atoms. The van der Waals surface area contributed by atoms with Gasteiger partial charge in [-0.15, -0.1) is 0 Å². The summed E-state index contributed by atoms with van der Waals surface area (Å²) in [5, 5.41) is 12.2. The highest BCUT2D eigenvalue weighted by atomic mass is 16.5. The quantitative estimate of drug-likeness (QED) is 0.674. The van der Waals surface area contributed by atoms with Crippen LogP contribution in [-0.2, 0) is 27.2 Å². The Morgan fingerprint density at radius 3 is 2.68 bits per heavy atom. The zero-order chi connectivity index (χ0) is 19.9. The maximum Gasteiger partial charge on any atom is 0.337 e. The van der Waals surface area contributed by atoms with Crippen LogP contribution in [0.4, 0.5) is 5.69 Å². The molecule has 1 aliphatic rings. The predicted molar refractivity (Wildman–Crippen MR) is 104 cm³/mol. The van der Waals surface area contributed by atoms with Crippen molar-refractivity contribution in [3.63, 3.8) is 0 Å². The fourth-order valence-corrected chi connectivity index (χ4v) is 3.14. The minimum atomic E-state index is -0.551. The monoisotopic (exact) mass is 381 g/mol. The van der Waals surface area contributed by atoms with Crippen molar-refractivity contribution in [3.05, 3.63) is 71.2 Å². The van der Waals surface area contributed by atoms with E-state index in [1.807, 2.05) is 36.4 Å². The van der Waals surface area contributed by atoms with Gasteiger partial charge in [0, 0.05) is 24.6 Å². The molecule has 0 saturated carbocycles. The zero-order valence-corrected chi connectivity index (χ0v) is 15.7. The molecule has 0 bridgehead atoms. The van der Waals surface area contributed by atoms with Crippen LogP contribution in [0.2, 0.25) is 0 Å². The summed E-state index contributed by atoms with van der Waals surface area (Å²) >= 11 is 0. The number of hydrogen-bond donors (Lipinski definition) is 2. The van der Waals surface area contributed by atoms with E-state index in [0.29, 0.717) is 0 Å². The number of aryl methyl sites for hydroxylation is 2. The number of anilines is 1. The molecule has 1 aromatic carbocycles. The highest BCUT2D eigenvalue weighted by Gasteiger charge is 2.34. The van der Waals surface area contributed by atoms with Crippen molar-refractivity contribution in [2.45, 2.75) is 12.8 Å². The van der Waals surface area contributed by atoms with Crippen LogP contribution in [0.5, 0.6) is 0 Å². The summed E-state index contributed by atoms with van der Waals surface area (Å²) in [4.78, 5) is 30.1. The second-order valence-corrected chi connectivity index (χ2v) is 6.48. The molecular weight excluding hydrogens is 358 g/mol. The van der Waals surface area contributed by atoms with Gasteiger partial charge in [-0.05, 0) is 48.2 Å². The molecular formula is C21H23N3O4. The minimum Gasteiger partial charge on any atom is -0.466 e. The molecule has 1 aliphatic heterocycles. The van der Waals surface area contributed by atoms with Crippen LogP contribution in [0, 0.1) is 0 Å². The van der Waals surface area contributed by atoms with Crippen molar-refractivity contribution < 1.29 is 19.4 Å². The van der Waals surface area contributed by atoms with E-state index in [1.165, 1.54) is 17.6 Å². The van der Waals surface area contributed by atoms with E-state index in [9.17, 15) is 9.59 Å². The molecule has 1 aromatic heterocycles. The number of aliphatic hydroxyl groups excluding tert-OH is 1. The number of methoxy groups -OCH3 is 1. The Morgan fingerprint density at radius 1 is 1.21 bits per heavy atom. The smallest absolute Gasteiger partial charge is 0.337 e. The predicted octanol–water partition coefficient (Wildman–Crippen LogP) is 1.54. The number of nitrogens with one attached hydrogen (secondary N) is 1. The van der Waals surface area contributed by atoms with E-state index in [2.05, 4.69) is 10.3 Å². The van der Waals surface area contributed by atoms with Crippen molar-refractivity contribution >= 4 is 17.6 Å². The maximum absolute atomic E-state index is 12.6. The van der Waals surface area contributed by atoms with Crippen LogP contribution in [0.25, 0.3) is 0 Å². The molecule has 0 aliphatic carbocycles. The van der Waals surface area contributed by atoms with E-state index in [1.54, 1.807) is 12.4 Å². The Morgan fingerprint density at radius 2 is 1.96 bits per heavy atom. The van der Waals surface area contributed by atoms with E-state index in [0.717, 1.165) is 24.1 Å². The molecule has 7 heteroatoms. The number of aliphatic hydroxyl groups is 1. The van der Waals surface area contributed by atoms with Gasteiger partial charge in [0.2, 0.25) is 0 Å². The molecule has 0 atom stereocenters. The van der Waals surface area contributed by atoms with Gasteiger partial charge in [0.15, 0.2) is 0 Å². The lowest BCUT2D eigenvalue weighted by Gasteiger charge is -2.15. The third-order valence-electron chi connectivity index (χ3n) is 4.60. The first-order valence-electron chi connectivity index (χ1n) is 9.09. The summed E-state index contributed by atoms with van der Waals surface area (Å²) in [6.07, 6.45) is 5.27. The molecule has 3 rings (SSSR count). The largest absolute Gasteiger partial charge is 0.466 e. The Labute approximate surface area is 163 Å². The Kier molecular flexibility index (Phi) is 6.39. The summed E-state index contributed by atoms with van der Waals surface area (Å²) in [6, 6.07) is 11.7. The summed E-state index contributed by atoms with van der Waals surface area (Å²) in [5.74, 6) is -0.873. The molecule has 0 radical (unpaired) electrons. The van der Waals surface area contributed by atoms with Crippen molar-refractivity contribution in [1.29, 1.82) is 0 Å². The molecule has 2 heterocycles. The lowest BCUT2D eigenvalue weighted by molar-refractivity contribution is -0.136. The lowest BCUT2D eigenvalue weighted by Crippen LogP contribution is -2.31. The number of pyridine rings is 1. The van der Waals surface area contributed by atoms with Crippen molar-refractivity contribution in [2.24, 2.45) is 0 Å². The van der Waals surface area contributed by atoms with E-state index < -0.39 is 5.97 Å². The van der Waals surface area contributed by atoms with Gasteiger partial charge < -0.3 is 20.1 Å². The van der Waals surface area contributed by atoms with Crippen molar-refractivity contribution in [1.82, 2.24) is 9.88 Å². The number of esters is 1. The van der Waals surface area contributed by atoms with Crippen LogP contribution >= 0.6 is 0 Å². The number of amides is 1. The SMILES string of the molecule is COC(=O)C1=C(Nc2cccc(CCc3ccncc3)c2)C(=O)N(CCO)C1. The molecule has 2 aromatic rings. The number of nitrogens with zero attached hydrogens (tertiary/aromatic N) is 2. The van der Waals surface area contributed by atoms with Gasteiger partial charge >= 0.3 is 5.97 Å². The summed E-state index contributed by atoms with van der Waals surface area (Å²) in [5.41, 5.74) is 3.51. The van der Waals surface area contributed by atoms with Crippen molar-refractivity contribution in [2.75, 3.05) is 32.1 Å². The van der Waals surface area contributed by atoms with Gasteiger partial charge in [0.05, 0.1) is 25.8 Å². The third-order valence-corrected chi connectivity index (χ3v) is 4.60. The van der Waals surface area contributed by atoms with Crippen LogP contribution in [0.1, 0.15) is 11.1 Å². The number of rotatable bonds is 8. The number of benzene rings is 1. The standard InChI is InChI=1S/C21H23N3O4/c1-28-21(27)18-14-24(11-12-25)20(26)19(18)23-17-4-2-3-16(13-17)6-5-15-7-9-22-10-8-15/h2-4,7-10,13,23,25H,5-6,11-12,14H2,1H3. The van der Waals surface area contributed by atoms with E-state index >= 15 is 0 Å². The van der Waals surface area contributed by atoms with Crippen LogP contribution in [0.15, 0.2) is 60.1 Å². The van der Waals surface area contributed by atoms with E-state index in [-0.39, 0.29) is 36.9 Å². The van der Waals surface area contributed by atoms with Crippen molar-refractivity contribution in [3.8, 4) is 0 Å². The van der Waals surface area contributed by atoms with Crippen LogP contribution < -0.4 is 5.32 Å². The Hall–Kier alpha value is -3.19. The molecule has 2 N–H and O–H groups in total. The molecule has 28 heavy (non-hydrogen) atoms. The number of β-amino-alcohol motifs (C(OH)–C–C–N with tert-alkyl or cyclic N) is 1. The van der Waals surface area contributed by atoms with Gasteiger partial charge in [-0.1, -0.05) is 12.1 Å². The van der Waals surface area contributed by atoms with Gasteiger partial charge in [0.1, 0.15) is 5.70 Å². The summed E-state index contributed by atoms with van der Waals surface area (Å²) in [6.45, 7) is 0.116. The van der Waals surface area contributed by atoms with Crippen LogP contribution in [0.3, 0.4) is 0 Å². The Balaban J connectivity index is 1.75. The number of hydrogen-bond acceptors (Lipinski definition) is 6. The molecule has 0 unspecified atom stereocenters. The molecule has 0 fully saturated rings. The zero-order valence-electron chi connectivity index (χ0n) is 15.7. The average molecular weight is 381 g/mol. The number of carbonyl (C=O) groups excluding carboxylic acids is 2. The molecule has 0 saturated heterocycles. The number of aromatic nitrogens is 1. The fourth-order valence-electron chi connectivity index (χ4n) is 3.14. The normalized spacial score (nSPS) is 13.8. The second kappa shape index (κ2) is 9.14. The first-order valence-corrected chi connectivity index (χ1v) is 9.09. The lowest BCUT2D eigenvalue weighted by atomic mass is 10.0. The number of carbonyl (C=O) groups is 2. The average Bonchev–Trinajstić information content (AvgIpc) is 3.03. The summed E-state index contributed by atoms with van der Waals surface area (Å²) < 4.78 is 4.80. The third kappa shape index (κ3) is 4.55. The van der Waals surface area contributed by atoms with E-state index in [4.69, 9.17) is 9.84 Å². The first-order chi connectivity index (χ1) is 13.6. The summed E-state index contributed by atoms with van der Waals surface area (Å²) in [7, 11) is 1.28. The molecule has 7 nitrogen and oxygen atoms in total. The highest BCUT2D eigenvalue weighted by Crippen LogP contribution is 2.23. The maximum atomic E-state index is 12.6. The molecule has 1 amide bonds. The van der Waals surface area contributed by atoms with Crippen LogP contribution in [-0.4, -0.2) is 53.7 Å². The van der Waals surface area contributed by atoms with Gasteiger partial charge in [0.25, 0.3) is 5.91 Å². The first kappa shape index (κ1) is 19.6. The topological polar surface area (TPSA) is 91.8 Å². The minimum absolute atomic E-state index is 0.121. The highest BCUT2D eigenvalue weighted by molar-refractivity contribution is 6.08. The fraction of sp³-hybridized carbons (Fsp3) is 0.286. The van der Waals surface area contributed by atoms with Gasteiger partial charge in [-0.3, -0.25) is 9.78 Å². The second-order valence-electron chi connectivity index (χ2n) is 6.48. The van der Waals surface area contributed by atoms with Gasteiger partial charge in [-0.2, -0.15) is 0 Å². The Bertz CT molecular complexity index is 880. The number of ether oxygens (including phenoxy) is 1.